The Morgan fingerprint density at radius 3 is 1.93 bits per heavy atom. The molecular formula is C25H16ClF14NO2. The van der Waals surface area contributed by atoms with Crippen LogP contribution in [0.25, 0.3) is 5.83 Å². The van der Waals surface area contributed by atoms with E-state index in [9.17, 15) is 71.1 Å². The summed E-state index contributed by atoms with van der Waals surface area (Å²) in [6, 6.07) is 0.390. The van der Waals surface area contributed by atoms with Gasteiger partial charge in [-0.25, -0.2) is 8.78 Å². The van der Waals surface area contributed by atoms with E-state index in [0.29, 0.717) is 12.1 Å². The van der Waals surface area contributed by atoms with Crippen LogP contribution < -0.4 is 5.32 Å². The molecule has 0 aliphatic carbocycles. The van der Waals surface area contributed by atoms with E-state index in [1.807, 2.05) is 0 Å². The standard InChI is InChI=1S/C25H16ClF14NO2/c1-10(21(43)41-9-22(29,30)31)4-19(42)13-3-2-11(5-15(13)24(35,36)37)17(27)8-14(23(32,33)34)12-6-16(25(38,39)40)20(26)18(28)7-12/h2-3,5-8,10,14H,4,9H2,1H3,(H,41,43)/b17-8-/t10-,14?/m0/s1. The largest absolute Gasteiger partial charge is 0.417 e. The molecule has 1 unspecified atom stereocenters. The highest BCUT2D eigenvalue weighted by atomic mass is 35.5. The predicted molar refractivity (Wildman–Crippen MR) is 123 cm³/mol. The fourth-order valence-electron chi connectivity index (χ4n) is 3.63. The van der Waals surface area contributed by atoms with Crippen LogP contribution in [-0.4, -0.2) is 30.6 Å². The van der Waals surface area contributed by atoms with Crippen LogP contribution in [0.4, 0.5) is 61.5 Å². The summed E-state index contributed by atoms with van der Waals surface area (Å²) >= 11 is 5.19. The molecule has 238 valence electrons. The molecule has 0 bridgehead atoms. The van der Waals surface area contributed by atoms with E-state index in [2.05, 4.69) is 0 Å². The quantitative estimate of drug-likeness (QED) is 0.226. The van der Waals surface area contributed by atoms with Crippen molar-refractivity contribution in [2.75, 3.05) is 6.54 Å². The molecule has 2 rings (SSSR count). The molecule has 2 aromatic carbocycles. The Morgan fingerprint density at radius 1 is 0.884 bits per heavy atom. The number of halogens is 15. The lowest BCUT2D eigenvalue weighted by Crippen LogP contribution is -2.37. The van der Waals surface area contributed by atoms with Gasteiger partial charge >= 0.3 is 24.7 Å². The number of hydrogen-bond donors (Lipinski definition) is 1. The molecule has 0 fully saturated rings. The zero-order valence-electron chi connectivity index (χ0n) is 21.0. The maximum atomic E-state index is 14.9. The number of ketones is 1. The van der Waals surface area contributed by atoms with E-state index in [0.717, 1.165) is 6.92 Å². The number of rotatable bonds is 8. The molecule has 0 aliphatic heterocycles. The topological polar surface area (TPSA) is 46.2 Å². The summed E-state index contributed by atoms with van der Waals surface area (Å²) in [6.07, 6.45) is -22.8. The summed E-state index contributed by atoms with van der Waals surface area (Å²) in [7, 11) is 0. The number of hydrogen-bond acceptors (Lipinski definition) is 2. The van der Waals surface area contributed by atoms with Crippen molar-refractivity contribution in [1.29, 1.82) is 0 Å². The maximum absolute atomic E-state index is 14.9. The fraction of sp³-hybridized carbons (Fsp3) is 0.360. The van der Waals surface area contributed by atoms with Gasteiger partial charge in [-0.05, 0) is 29.8 Å². The Morgan fingerprint density at radius 2 is 1.44 bits per heavy atom. The number of alkyl halides is 12. The van der Waals surface area contributed by atoms with Crippen molar-refractivity contribution in [1.82, 2.24) is 5.32 Å². The Bertz CT molecular complexity index is 1390. The van der Waals surface area contributed by atoms with E-state index >= 15 is 0 Å². The molecular weight excluding hydrogens is 648 g/mol. The van der Waals surface area contributed by atoms with Crippen LogP contribution in [-0.2, 0) is 17.1 Å². The van der Waals surface area contributed by atoms with Crippen molar-refractivity contribution in [2.24, 2.45) is 5.92 Å². The van der Waals surface area contributed by atoms with Crippen molar-refractivity contribution in [3.05, 3.63) is 75.1 Å². The molecule has 0 spiro atoms. The first kappa shape index (κ1) is 35.8. The second kappa shape index (κ2) is 12.7. The molecule has 43 heavy (non-hydrogen) atoms. The molecule has 2 aromatic rings. The van der Waals surface area contributed by atoms with Gasteiger partial charge in [-0.2, -0.15) is 52.7 Å². The second-order valence-corrected chi connectivity index (χ2v) is 9.39. The van der Waals surface area contributed by atoms with E-state index in [1.54, 1.807) is 0 Å². The third-order valence-corrected chi connectivity index (χ3v) is 6.07. The molecule has 1 N–H and O–H groups in total. The first-order valence-electron chi connectivity index (χ1n) is 11.4. The molecule has 0 saturated carbocycles. The minimum absolute atomic E-state index is 0.0611. The SMILES string of the molecule is C[C@@H](CC(=O)c1ccc(/C(F)=C/C(c2cc(F)c(Cl)c(C(F)(F)F)c2)C(F)(F)F)cc1C(F)(F)F)C(=O)NCC(F)(F)F. The average molecular weight is 664 g/mol. The number of carbonyl (C=O) groups is 2. The molecule has 0 radical (unpaired) electrons. The number of Topliss-reactive ketones (excluding diaryl/α,β-unsaturated/α-hetero) is 1. The summed E-state index contributed by atoms with van der Waals surface area (Å²) in [5.74, 6) is -11.7. The number of nitrogens with one attached hydrogen (secondary N) is 1. The first-order valence-corrected chi connectivity index (χ1v) is 11.8. The zero-order valence-corrected chi connectivity index (χ0v) is 21.8. The van der Waals surface area contributed by atoms with Gasteiger partial charge in [0.15, 0.2) is 5.78 Å². The molecule has 18 heteroatoms. The summed E-state index contributed by atoms with van der Waals surface area (Å²) < 4.78 is 187. The second-order valence-electron chi connectivity index (χ2n) is 9.02. The smallest absolute Gasteiger partial charge is 0.347 e. The molecule has 3 nitrogen and oxygen atoms in total. The maximum Gasteiger partial charge on any atom is 0.417 e. The third kappa shape index (κ3) is 9.56. The average Bonchev–Trinajstić information content (AvgIpc) is 2.84. The van der Waals surface area contributed by atoms with E-state index < -0.39 is 112 Å². The normalized spacial score (nSPS) is 14.8. The zero-order chi connectivity index (χ0) is 33.3. The summed E-state index contributed by atoms with van der Waals surface area (Å²) in [4.78, 5) is 24.2. The summed E-state index contributed by atoms with van der Waals surface area (Å²) in [5.41, 5.74) is -7.85. The first-order chi connectivity index (χ1) is 19.3. The number of amides is 1. The third-order valence-electron chi connectivity index (χ3n) is 5.68. The number of carbonyl (C=O) groups excluding carboxylic acids is 2. The molecule has 2 atom stereocenters. The van der Waals surface area contributed by atoms with Gasteiger partial charge in [-0.3, -0.25) is 9.59 Å². The van der Waals surface area contributed by atoms with Crippen LogP contribution in [0.3, 0.4) is 0 Å². The predicted octanol–water partition coefficient (Wildman–Crippen LogP) is 9.06. The minimum atomic E-state index is -5.59. The minimum Gasteiger partial charge on any atom is -0.347 e. The van der Waals surface area contributed by atoms with Crippen molar-refractivity contribution >= 4 is 29.1 Å². The van der Waals surface area contributed by atoms with Crippen LogP contribution in [0.1, 0.15) is 51.9 Å². The van der Waals surface area contributed by atoms with E-state index in [-0.39, 0.29) is 18.2 Å². The Balaban J connectivity index is 2.52. The van der Waals surface area contributed by atoms with Crippen LogP contribution in [0, 0.1) is 11.7 Å². The van der Waals surface area contributed by atoms with E-state index in [4.69, 9.17) is 11.6 Å². The Labute approximate surface area is 237 Å². The van der Waals surface area contributed by atoms with Gasteiger partial charge in [0.2, 0.25) is 5.91 Å². The Hall–Kier alpha value is -3.37. The summed E-state index contributed by atoms with van der Waals surface area (Å²) in [5, 5.41) is -0.150. The van der Waals surface area contributed by atoms with Crippen molar-refractivity contribution in [3.8, 4) is 0 Å². The van der Waals surface area contributed by atoms with Gasteiger partial charge in [0.25, 0.3) is 0 Å². The molecule has 0 aromatic heterocycles. The lowest BCUT2D eigenvalue weighted by Gasteiger charge is -2.20. The van der Waals surface area contributed by atoms with Gasteiger partial charge in [-0.1, -0.05) is 30.7 Å². The van der Waals surface area contributed by atoms with Crippen molar-refractivity contribution in [2.45, 2.75) is 44.0 Å². The van der Waals surface area contributed by atoms with Crippen LogP contribution in [0.5, 0.6) is 0 Å². The van der Waals surface area contributed by atoms with Gasteiger partial charge in [0.1, 0.15) is 24.1 Å². The van der Waals surface area contributed by atoms with Gasteiger partial charge in [-0.15, -0.1) is 0 Å². The monoisotopic (exact) mass is 663 g/mol. The molecule has 1 amide bonds. The molecule has 0 heterocycles. The van der Waals surface area contributed by atoms with Crippen molar-refractivity contribution < 1.29 is 71.1 Å². The van der Waals surface area contributed by atoms with Gasteiger partial charge in [0, 0.05) is 23.5 Å². The highest BCUT2D eigenvalue weighted by Crippen LogP contribution is 2.44. The highest BCUT2D eigenvalue weighted by molar-refractivity contribution is 6.31. The van der Waals surface area contributed by atoms with Crippen LogP contribution >= 0.6 is 11.6 Å². The fourth-order valence-corrected chi connectivity index (χ4v) is 3.85. The molecule has 0 aliphatic rings. The van der Waals surface area contributed by atoms with E-state index in [1.165, 1.54) is 5.32 Å². The van der Waals surface area contributed by atoms with Crippen LogP contribution in [0.2, 0.25) is 5.02 Å². The van der Waals surface area contributed by atoms with Gasteiger partial charge < -0.3 is 5.32 Å². The summed E-state index contributed by atoms with van der Waals surface area (Å²) in [6.45, 7) is -0.869. The highest BCUT2D eigenvalue weighted by Gasteiger charge is 2.43. The van der Waals surface area contributed by atoms with Crippen molar-refractivity contribution in [3.63, 3.8) is 0 Å². The number of benzene rings is 2. The lowest BCUT2D eigenvalue weighted by atomic mass is 9.92. The number of allylic oxidation sites excluding steroid dienone is 1. The molecule has 0 saturated heterocycles. The Kier molecular flexibility index (Phi) is 10.6. The van der Waals surface area contributed by atoms with Gasteiger partial charge in [0.05, 0.1) is 16.1 Å². The van der Waals surface area contributed by atoms with Crippen LogP contribution in [0.15, 0.2) is 36.4 Å². The lowest BCUT2D eigenvalue weighted by molar-refractivity contribution is -0.142.